The quantitative estimate of drug-likeness (QED) is 0.809. The maximum Gasteiger partial charge on any atom is 0.223 e. The van der Waals surface area contributed by atoms with Gasteiger partial charge in [0, 0.05) is 30.4 Å². The fourth-order valence-corrected chi connectivity index (χ4v) is 3.13. The lowest BCUT2D eigenvalue weighted by molar-refractivity contribution is -0.125. The highest BCUT2D eigenvalue weighted by atomic mass is 16.1. The van der Waals surface area contributed by atoms with E-state index in [-0.39, 0.29) is 23.9 Å². The van der Waals surface area contributed by atoms with Crippen molar-refractivity contribution < 1.29 is 4.79 Å². The molecule has 1 amide bonds. The molecule has 1 aromatic rings. The van der Waals surface area contributed by atoms with Crippen LogP contribution in [0, 0.1) is 5.92 Å². The molecular formula is C16H28N4O. The summed E-state index contributed by atoms with van der Waals surface area (Å²) in [6.07, 6.45) is 11.9. The second kappa shape index (κ2) is 7.59. The largest absolute Gasteiger partial charge is 0.351 e. The Balaban J connectivity index is 1.81. The highest BCUT2D eigenvalue weighted by molar-refractivity contribution is 5.78. The standard InChI is InChI=1S/C16H28N4O/c1-12(5-3-6-13(2)17)16(21)19-14-7-4-8-15(14)20-10-9-18-11-20/h9-15H,3-8,17H2,1-2H3,(H,19,21). The highest BCUT2D eigenvalue weighted by Gasteiger charge is 2.30. The SMILES string of the molecule is CC(N)CCCC(C)C(=O)NC1CCCC1n1ccnc1. The van der Waals surface area contributed by atoms with Gasteiger partial charge in [-0.15, -0.1) is 0 Å². The Kier molecular flexibility index (Phi) is 5.79. The molecule has 118 valence electrons. The minimum atomic E-state index is 0.0628. The van der Waals surface area contributed by atoms with Crippen LogP contribution in [0.3, 0.4) is 0 Å². The maximum atomic E-state index is 12.3. The summed E-state index contributed by atoms with van der Waals surface area (Å²) in [5, 5.41) is 3.24. The zero-order valence-electron chi connectivity index (χ0n) is 13.2. The van der Waals surface area contributed by atoms with Crippen LogP contribution in [0.25, 0.3) is 0 Å². The first kappa shape index (κ1) is 16.0. The van der Waals surface area contributed by atoms with Gasteiger partial charge in [-0.2, -0.15) is 0 Å². The summed E-state index contributed by atoms with van der Waals surface area (Å²) in [6, 6.07) is 0.816. The molecule has 0 aliphatic heterocycles. The van der Waals surface area contributed by atoms with Crippen LogP contribution in [-0.4, -0.2) is 27.5 Å². The summed E-state index contributed by atoms with van der Waals surface area (Å²) in [4.78, 5) is 16.4. The molecule has 0 saturated heterocycles. The third kappa shape index (κ3) is 4.56. The summed E-state index contributed by atoms with van der Waals surface area (Å²) in [5.41, 5.74) is 5.75. The molecule has 1 saturated carbocycles. The van der Waals surface area contributed by atoms with E-state index in [9.17, 15) is 4.79 Å². The average molecular weight is 292 g/mol. The zero-order valence-corrected chi connectivity index (χ0v) is 13.2. The molecule has 1 aliphatic carbocycles. The van der Waals surface area contributed by atoms with Crippen LogP contribution >= 0.6 is 0 Å². The van der Waals surface area contributed by atoms with Gasteiger partial charge in [0.2, 0.25) is 5.91 Å². The molecule has 2 rings (SSSR count). The maximum absolute atomic E-state index is 12.3. The first-order valence-corrected chi connectivity index (χ1v) is 8.11. The van der Waals surface area contributed by atoms with Gasteiger partial charge in [0.05, 0.1) is 12.4 Å². The van der Waals surface area contributed by atoms with Crippen molar-refractivity contribution in [3.63, 3.8) is 0 Å². The number of carbonyl (C=O) groups is 1. The number of nitrogens with two attached hydrogens (primary N) is 1. The van der Waals surface area contributed by atoms with Crippen molar-refractivity contribution in [2.45, 2.75) is 70.5 Å². The van der Waals surface area contributed by atoms with E-state index < -0.39 is 0 Å². The predicted molar refractivity (Wildman–Crippen MR) is 83.7 cm³/mol. The van der Waals surface area contributed by atoms with E-state index in [1.807, 2.05) is 26.4 Å². The molecule has 21 heavy (non-hydrogen) atoms. The van der Waals surface area contributed by atoms with E-state index in [1.165, 1.54) is 0 Å². The number of hydrogen-bond acceptors (Lipinski definition) is 3. The average Bonchev–Trinajstić information content (AvgIpc) is 3.07. The first-order chi connectivity index (χ1) is 10.1. The molecule has 5 heteroatoms. The van der Waals surface area contributed by atoms with Gasteiger partial charge in [-0.3, -0.25) is 4.79 Å². The Bertz CT molecular complexity index is 429. The second-order valence-electron chi connectivity index (χ2n) is 6.43. The van der Waals surface area contributed by atoms with Crippen LogP contribution in [0.2, 0.25) is 0 Å². The van der Waals surface area contributed by atoms with Gasteiger partial charge in [-0.05, 0) is 39.0 Å². The predicted octanol–water partition coefficient (Wildman–Crippen LogP) is 2.25. The second-order valence-corrected chi connectivity index (χ2v) is 6.43. The van der Waals surface area contributed by atoms with Gasteiger partial charge in [0.15, 0.2) is 0 Å². The summed E-state index contributed by atoms with van der Waals surface area (Å²) in [6.45, 7) is 4.02. The summed E-state index contributed by atoms with van der Waals surface area (Å²) in [5.74, 6) is 0.240. The van der Waals surface area contributed by atoms with E-state index in [0.717, 1.165) is 38.5 Å². The van der Waals surface area contributed by atoms with Gasteiger partial charge in [0.1, 0.15) is 0 Å². The smallest absolute Gasteiger partial charge is 0.223 e. The van der Waals surface area contributed by atoms with Crippen molar-refractivity contribution in [1.82, 2.24) is 14.9 Å². The number of carbonyl (C=O) groups excluding carboxylic acids is 1. The van der Waals surface area contributed by atoms with Crippen molar-refractivity contribution in [2.75, 3.05) is 0 Å². The molecule has 0 spiro atoms. The van der Waals surface area contributed by atoms with Gasteiger partial charge in [-0.1, -0.05) is 13.3 Å². The Morgan fingerprint density at radius 2 is 2.24 bits per heavy atom. The summed E-state index contributed by atoms with van der Waals surface area (Å²) >= 11 is 0. The Morgan fingerprint density at radius 3 is 2.90 bits per heavy atom. The van der Waals surface area contributed by atoms with Crippen molar-refractivity contribution in [3.05, 3.63) is 18.7 Å². The van der Waals surface area contributed by atoms with Crippen molar-refractivity contribution in [2.24, 2.45) is 11.7 Å². The molecule has 0 aromatic carbocycles. The Labute approximate surface area is 127 Å². The van der Waals surface area contributed by atoms with E-state index in [1.54, 1.807) is 6.20 Å². The number of amides is 1. The normalized spacial score (nSPS) is 24.7. The topological polar surface area (TPSA) is 72.9 Å². The Morgan fingerprint density at radius 1 is 1.43 bits per heavy atom. The van der Waals surface area contributed by atoms with Crippen LogP contribution in [0.15, 0.2) is 18.7 Å². The van der Waals surface area contributed by atoms with Crippen molar-refractivity contribution >= 4 is 5.91 Å². The summed E-state index contributed by atoms with van der Waals surface area (Å²) < 4.78 is 2.12. The van der Waals surface area contributed by atoms with Crippen LogP contribution in [-0.2, 0) is 4.79 Å². The monoisotopic (exact) mass is 292 g/mol. The lowest BCUT2D eigenvalue weighted by Crippen LogP contribution is -2.40. The van der Waals surface area contributed by atoms with Gasteiger partial charge in [0.25, 0.3) is 0 Å². The minimum Gasteiger partial charge on any atom is -0.351 e. The minimum absolute atomic E-state index is 0.0628. The molecule has 0 bridgehead atoms. The molecule has 1 heterocycles. The van der Waals surface area contributed by atoms with Gasteiger partial charge >= 0.3 is 0 Å². The highest BCUT2D eigenvalue weighted by Crippen LogP contribution is 2.30. The zero-order chi connectivity index (χ0) is 15.2. The van der Waals surface area contributed by atoms with E-state index in [0.29, 0.717) is 6.04 Å². The van der Waals surface area contributed by atoms with Gasteiger partial charge in [-0.25, -0.2) is 4.98 Å². The number of nitrogens with zero attached hydrogens (tertiary/aromatic N) is 2. The fraction of sp³-hybridized carbons (Fsp3) is 0.750. The fourth-order valence-electron chi connectivity index (χ4n) is 3.13. The molecule has 3 N–H and O–H groups in total. The molecule has 5 nitrogen and oxygen atoms in total. The number of aromatic nitrogens is 2. The first-order valence-electron chi connectivity index (χ1n) is 8.11. The lowest BCUT2D eigenvalue weighted by atomic mass is 10.0. The lowest BCUT2D eigenvalue weighted by Gasteiger charge is -2.24. The molecule has 4 unspecified atom stereocenters. The molecule has 4 atom stereocenters. The third-order valence-electron chi connectivity index (χ3n) is 4.46. The third-order valence-corrected chi connectivity index (χ3v) is 4.46. The van der Waals surface area contributed by atoms with Crippen LogP contribution in [0.4, 0.5) is 0 Å². The Hall–Kier alpha value is -1.36. The molecule has 1 fully saturated rings. The van der Waals surface area contributed by atoms with Crippen molar-refractivity contribution in [1.29, 1.82) is 0 Å². The summed E-state index contributed by atoms with van der Waals surface area (Å²) in [7, 11) is 0. The number of imidazole rings is 1. The molecular weight excluding hydrogens is 264 g/mol. The van der Waals surface area contributed by atoms with Crippen LogP contribution in [0.1, 0.15) is 58.4 Å². The van der Waals surface area contributed by atoms with Crippen LogP contribution in [0.5, 0.6) is 0 Å². The van der Waals surface area contributed by atoms with E-state index in [2.05, 4.69) is 14.9 Å². The number of rotatable bonds is 7. The number of hydrogen-bond donors (Lipinski definition) is 2. The molecule has 0 radical (unpaired) electrons. The van der Waals surface area contributed by atoms with E-state index in [4.69, 9.17) is 5.73 Å². The molecule has 1 aliphatic rings. The molecule has 1 aromatic heterocycles. The van der Waals surface area contributed by atoms with Crippen molar-refractivity contribution in [3.8, 4) is 0 Å². The van der Waals surface area contributed by atoms with Crippen LogP contribution < -0.4 is 11.1 Å². The van der Waals surface area contributed by atoms with E-state index >= 15 is 0 Å². The van der Waals surface area contributed by atoms with Gasteiger partial charge < -0.3 is 15.6 Å². The number of nitrogens with one attached hydrogen (secondary N) is 1.